The minimum Gasteiger partial charge on any atom is -0.351 e. The van der Waals surface area contributed by atoms with Crippen LogP contribution in [0.3, 0.4) is 0 Å². The Kier molecular flexibility index (Phi) is 6.51. The van der Waals surface area contributed by atoms with E-state index < -0.39 is 6.04 Å². The van der Waals surface area contributed by atoms with Crippen LogP contribution in [0.2, 0.25) is 0 Å². The fraction of sp³-hybridized carbons (Fsp3) is 0.316. The van der Waals surface area contributed by atoms with Gasteiger partial charge in [0.2, 0.25) is 11.8 Å². The maximum Gasteiger partial charge on any atom is 0.254 e. The molecule has 1 aliphatic heterocycles. The van der Waals surface area contributed by atoms with Gasteiger partial charge in [0.05, 0.1) is 0 Å². The average molecular weight is 341 g/mol. The topological polar surface area (TPSA) is 78.5 Å². The number of hydrogen-bond donors (Lipinski definition) is 2. The summed E-state index contributed by atoms with van der Waals surface area (Å²) in [6.07, 6.45) is 4.22. The lowest BCUT2D eigenvalue weighted by molar-refractivity contribution is -0.124. The van der Waals surface area contributed by atoms with Crippen molar-refractivity contribution in [2.45, 2.75) is 25.4 Å². The molecular weight excluding hydrogens is 318 g/mol. The number of likely N-dealkylation sites (tertiary alicyclic amines) is 1. The van der Waals surface area contributed by atoms with Crippen molar-refractivity contribution in [2.24, 2.45) is 0 Å². The highest BCUT2D eigenvalue weighted by molar-refractivity contribution is 5.99. The lowest BCUT2D eigenvalue weighted by Gasteiger charge is -2.25. The first-order valence-corrected chi connectivity index (χ1v) is 8.26. The summed E-state index contributed by atoms with van der Waals surface area (Å²) in [4.78, 5) is 38.2. The van der Waals surface area contributed by atoms with Crippen molar-refractivity contribution in [2.75, 3.05) is 13.1 Å². The van der Waals surface area contributed by atoms with E-state index in [4.69, 9.17) is 0 Å². The maximum atomic E-state index is 13.0. The highest BCUT2D eigenvalue weighted by Gasteiger charge is 2.34. The van der Waals surface area contributed by atoms with Gasteiger partial charge < -0.3 is 15.5 Å². The lowest BCUT2D eigenvalue weighted by atomic mass is 10.1. The van der Waals surface area contributed by atoms with E-state index in [0.717, 1.165) is 6.42 Å². The summed E-state index contributed by atoms with van der Waals surface area (Å²) in [6, 6.07) is 6.62. The molecule has 1 aromatic carbocycles. The van der Waals surface area contributed by atoms with Crippen molar-refractivity contribution in [1.29, 1.82) is 0 Å². The molecule has 1 atom stereocenters. The fourth-order valence-corrected chi connectivity index (χ4v) is 2.87. The number of amides is 3. The lowest BCUT2D eigenvalue weighted by Crippen LogP contribution is -2.46. The molecule has 6 heteroatoms. The van der Waals surface area contributed by atoms with Gasteiger partial charge in [-0.2, -0.15) is 0 Å². The van der Waals surface area contributed by atoms with Crippen LogP contribution < -0.4 is 10.6 Å². The molecule has 1 heterocycles. The van der Waals surface area contributed by atoms with E-state index in [1.165, 1.54) is 6.08 Å². The van der Waals surface area contributed by atoms with Gasteiger partial charge >= 0.3 is 0 Å². The summed E-state index contributed by atoms with van der Waals surface area (Å²) < 4.78 is 0. The normalized spacial score (nSPS) is 16.2. The smallest absolute Gasteiger partial charge is 0.254 e. The van der Waals surface area contributed by atoms with Crippen LogP contribution in [-0.2, 0) is 16.1 Å². The van der Waals surface area contributed by atoms with Gasteiger partial charge in [0.15, 0.2) is 0 Å². The van der Waals surface area contributed by atoms with Gasteiger partial charge in [-0.05, 0) is 30.5 Å². The maximum absolute atomic E-state index is 13.0. The summed E-state index contributed by atoms with van der Waals surface area (Å²) in [6.45, 7) is 8.13. The van der Waals surface area contributed by atoms with Gasteiger partial charge in [0.25, 0.3) is 5.91 Å². The zero-order valence-corrected chi connectivity index (χ0v) is 14.2. The van der Waals surface area contributed by atoms with E-state index in [0.29, 0.717) is 30.6 Å². The molecule has 1 saturated heterocycles. The Morgan fingerprint density at radius 3 is 2.68 bits per heavy atom. The zero-order valence-electron chi connectivity index (χ0n) is 14.2. The second-order valence-corrected chi connectivity index (χ2v) is 5.77. The summed E-state index contributed by atoms with van der Waals surface area (Å²) in [5, 5.41) is 5.43. The minimum absolute atomic E-state index is 0.164. The SMILES string of the molecule is C=CCNC(=O)C1CCCN1C(=O)c1ccccc1CNC(=O)C=C. The first kappa shape index (κ1) is 18.4. The molecular formula is C19H23N3O3. The average Bonchev–Trinajstić information content (AvgIpc) is 3.13. The molecule has 25 heavy (non-hydrogen) atoms. The largest absolute Gasteiger partial charge is 0.351 e. The number of rotatable bonds is 7. The Morgan fingerprint density at radius 1 is 1.20 bits per heavy atom. The molecule has 1 aromatic rings. The Morgan fingerprint density at radius 2 is 1.96 bits per heavy atom. The molecule has 1 fully saturated rings. The van der Waals surface area contributed by atoms with Gasteiger partial charge in [-0.15, -0.1) is 6.58 Å². The van der Waals surface area contributed by atoms with E-state index in [-0.39, 0.29) is 24.3 Å². The second-order valence-electron chi connectivity index (χ2n) is 5.77. The van der Waals surface area contributed by atoms with Crippen LogP contribution in [0, 0.1) is 0 Å². The first-order valence-electron chi connectivity index (χ1n) is 8.26. The Balaban J connectivity index is 2.16. The van der Waals surface area contributed by atoms with E-state index >= 15 is 0 Å². The molecule has 3 amide bonds. The van der Waals surface area contributed by atoms with Crippen molar-refractivity contribution >= 4 is 17.7 Å². The zero-order chi connectivity index (χ0) is 18.2. The van der Waals surface area contributed by atoms with Crippen LogP contribution in [0.15, 0.2) is 49.6 Å². The minimum atomic E-state index is -0.469. The Bertz CT molecular complexity index is 684. The fourth-order valence-electron chi connectivity index (χ4n) is 2.87. The van der Waals surface area contributed by atoms with Crippen molar-refractivity contribution in [3.8, 4) is 0 Å². The number of carbonyl (C=O) groups is 3. The first-order chi connectivity index (χ1) is 12.1. The molecule has 0 spiro atoms. The number of benzene rings is 1. The molecule has 6 nitrogen and oxygen atoms in total. The van der Waals surface area contributed by atoms with Gasteiger partial charge in [-0.25, -0.2) is 0 Å². The Hall–Kier alpha value is -2.89. The van der Waals surface area contributed by atoms with Crippen LogP contribution in [0.5, 0.6) is 0 Å². The Labute approximate surface area is 147 Å². The summed E-state index contributed by atoms with van der Waals surface area (Å²) in [7, 11) is 0. The van der Waals surface area contributed by atoms with E-state index in [1.807, 2.05) is 6.07 Å². The second kappa shape index (κ2) is 8.82. The van der Waals surface area contributed by atoms with Crippen LogP contribution in [0.1, 0.15) is 28.8 Å². The van der Waals surface area contributed by atoms with Crippen molar-refractivity contribution in [3.05, 3.63) is 60.7 Å². The molecule has 0 radical (unpaired) electrons. The molecule has 1 unspecified atom stereocenters. The number of hydrogen-bond acceptors (Lipinski definition) is 3. The van der Waals surface area contributed by atoms with Crippen LogP contribution >= 0.6 is 0 Å². The molecule has 132 valence electrons. The summed E-state index contributed by atoms with van der Waals surface area (Å²) in [5.41, 5.74) is 1.20. The summed E-state index contributed by atoms with van der Waals surface area (Å²) >= 11 is 0. The molecule has 0 bridgehead atoms. The third-order valence-electron chi connectivity index (χ3n) is 4.12. The molecule has 0 aromatic heterocycles. The molecule has 1 aliphatic rings. The monoisotopic (exact) mass is 341 g/mol. The van der Waals surface area contributed by atoms with Crippen molar-refractivity contribution < 1.29 is 14.4 Å². The molecule has 2 rings (SSSR count). The van der Waals surface area contributed by atoms with Crippen molar-refractivity contribution in [1.82, 2.24) is 15.5 Å². The molecule has 0 aliphatic carbocycles. The summed E-state index contributed by atoms with van der Waals surface area (Å²) in [5.74, 6) is -0.659. The van der Waals surface area contributed by atoms with Gasteiger partial charge in [0, 0.05) is 25.2 Å². The number of nitrogens with zero attached hydrogens (tertiary/aromatic N) is 1. The predicted octanol–water partition coefficient (Wildman–Crippen LogP) is 1.40. The molecule has 2 N–H and O–H groups in total. The highest BCUT2D eigenvalue weighted by atomic mass is 16.2. The van der Waals surface area contributed by atoms with E-state index in [2.05, 4.69) is 23.8 Å². The van der Waals surface area contributed by atoms with Gasteiger partial charge in [-0.3, -0.25) is 14.4 Å². The van der Waals surface area contributed by atoms with E-state index in [9.17, 15) is 14.4 Å². The van der Waals surface area contributed by atoms with Crippen molar-refractivity contribution in [3.63, 3.8) is 0 Å². The van der Waals surface area contributed by atoms with Crippen LogP contribution in [0.4, 0.5) is 0 Å². The molecule has 0 saturated carbocycles. The van der Waals surface area contributed by atoms with Crippen LogP contribution in [0.25, 0.3) is 0 Å². The highest BCUT2D eigenvalue weighted by Crippen LogP contribution is 2.22. The standard InChI is InChI=1S/C19H23N3O3/c1-3-11-20-18(24)16-10-7-12-22(16)19(25)15-9-6-5-8-14(15)13-21-17(23)4-2/h3-6,8-9,16H,1-2,7,10-13H2,(H,20,24)(H,21,23). The predicted molar refractivity (Wildman–Crippen MR) is 95.8 cm³/mol. The van der Waals surface area contributed by atoms with Gasteiger partial charge in [0.1, 0.15) is 6.04 Å². The van der Waals surface area contributed by atoms with Crippen LogP contribution in [-0.4, -0.2) is 41.8 Å². The third-order valence-corrected chi connectivity index (χ3v) is 4.12. The van der Waals surface area contributed by atoms with Gasteiger partial charge in [-0.1, -0.05) is 30.9 Å². The quantitative estimate of drug-likeness (QED) is 0.581. The number of carbonyl (C=O) groups excluding carboxylic acids is 3. The third kappa shape index (κ3) is 4.56. The number of nitrogens with one attached hydrogen (secondary N) is 2. The van der Waals surface area contributed by atoms with E-state index in [1.54, 1.807) is 29.2 Å².